The molecule has 0 aromatic heterocycles. The summed E-state index contributed by atoms with van der Waals surface area (Å²) < 4.78 is 0. The van der Waals surface area contributed by atoms with Crippen molar-refractivity contribution in [3.63, 3.8) is 0 Å². The van der Waals surface area contributed by atoms with Gasteiger partial charge in [0.25, 0.3) is 0 Å². The van der Waals surface area contributed by atoms with E-state index in [-0.39, 0.29) is 24.6 Å². The Bertz CT molecular complexity index is 262. The molecule has 1 saturated carbocycles. The summed E-state index contributed by atoms with van der Waals surface area (Å²) in [6.07, 6.45) is 3.90. The Morgan fingerprint density at radius 2 is 2.19 bits per heavy atom. The van der Waals surface area contributed by atoms with E-state index >= 15 is 0 Å². The molecule has 16 heavy (non-hydrogen) atoms. The molecule has 1 aliphatic rings. The number of carbonyl (C=O) groups is 1. The van der Waals surface area contributed by atoms with Crippen LogP contribution in [0.4, 0.5) is 0 Å². The summed E-state index contributed by atoms with van der Waals surface area (Å²) in [5.41, 5.74) is 0. The van der Waals surface area contributed by atoms with Crippen molar-refractivity contribution in [3.05, 3.63) is 0 Å². The SMILES string of the molecule is N#CCCNC(=O)CNC1CCCCC1O. The Labute approximate surface area is 95.8 Å². The van der Waals surface area contributed by atoms with Gasteiger partial charge in [-0.3, -0.25) is 4.79 Å². The van der Waals surface area contributed by atoms with Crippen molar-refractivity contribution in [1.82, 2.24) is 10.6 Å². The molecule has 0 heterocycles. The van der Waals surface area contributed by atoms with Crippen LogP contribution in [0, 0.1) is 11.3 Å². The summed E-state index contributed by atoms with van der Waals surface area (Å²) in [7, 11) is 0. The molecule has 0 bridgehead atoms. The van der Waals surface area contributed by atoms with E-state index in [9.17, 15) is 9.90 Å². The number of hydrogen-bond donors (Lipinski definition) is 3. The van der Waals surface area contributed by atoms with E-state index in [2.05, 4.69) is 10.6 Å². The van der Waals surface area contributed by atoms with Crippen molar-refractivity contribution < 1.29 is 9.90 Å². The van der Waals surface area contributed by atoms with Gasteiger partial charge in [-0.25, -0.2) is 0 Å². The van der Waals surface area contributed by atoms with Crippen LogP contribution < -0.4 is 10.6 Å². The van der Waals surface area contributed by atoms with Crippen LogP contribution >= 0.6 is 0 Å². The molecule has 0 saturated heterocycles. The van der Waals surface area contributed by atoms with E-state index in [0.717, 1.165) is 25.7 Å². The summed E-state index contributed by atoms with van der Waals surface area (Å²) in [4.78, 5) is 11.3. The Morgan fingerprint density at radius 3 is 2.88 bits per heavy atom. The van der Waals surface area contributed by atoms with Crippen LogP contribution in [0.15, 0.2) is 0 Å². The lowest BCUT2D eigenvalue weighted by Crippen LogP contribution is -2.46. The minimum Gasteiger partial charge on any atom is -0.392 e. The van der Waals surface area contributed by atoms with Gasteiger partial charge in [-0.15, -0.1) is 0 Å². The summed E-state index contributed by atoms with van der Waals surface area (Å²) >= 11 is 0. The Morgan fingerprint density at radius 1 is 1.44 bits per heavy atom. The lowest BCUT2D eigenvalue weighted by molar-refractivity contribution is -0.120. The Balaban J connectivity index is 2.13. The Kier molecular flexibility index (Phi) is 5.83. The standard InChI is InChI=1S/C11H19N3O2/c12-6-3-7-13-11(16)8-14-9-4-1-2-5-10(9)15/h9-10,14-15H,1-5,7-8H2,(H,13,16). The summed E-state index contributed by atoms with van der Waals surface area (Å²) in [6.45, 7) is 0.609. The molecule has 1 rings (SSSR count). The first kappa shape index (κ1) is 12.9. The highest BCUT2D eigenvalue weighted by atomic mass is 16.3. The van der Waals surface area contributed by atoms with Crippen molar-refractivity contribution in [3.8, 4) is 6.07 Å². The van der Waals surface area contributed by atoms with Crippen molar-refractivity contribution in [1.29, 1.82) is 5.26 Å². The van der Waals surface area contributed by atoms with Gasteiger partial charge < -0.3 is 15.7 Å². The molecule has 1 aliphatic carbocycles. The molecule has 5 nitrogen and oxygen atoms in total. The van der Waals surface area contributed by atoms with E-state index < -0.39 is 0 Å². The molecule has 0 aromatic rings. The fourth-order valence-electron chi connectivity index (χ4n) is 1.89. The monoisotopic (exact) mass is 225 g/mol. The number of hydrogen-bond acceptors (Lipinski definition) is 4. The van der Waals surface area contributed by atoms with Crippen LogP contribution in [0.5, 0.6) is 0 Å². The van der Waals surface area contributed by atoms with Crippen molar-refractivity contribution >= 4 is 5.91 Å². The molecule has 0 aliphatic heterocycles. The molecule has 90 valence electrons. The van der Waals surface area contributed by atoms with Gasteiger partial charge in [-0.1, -0.05) is 12.8 Å². The minimum atomic E-state index is -0.333. The molecule has 0 radical (unpaired) electrons. The zero-order valence-corrected chi connectivity index (χ0v) is 9.41. The number of aliphatic hydroxyl groups is 1. The van der Waals surface area contributed by atoms with Crippen molar-refractivity contribution in [2.75, 3.05) is 13.1 Å². The fraction of sp³-hybridized carbons (Fsp3) is 0.818. The van der Waals surface area contributed by atoms with Gasteiger partial charge in [-0.2, -0.15) is 5.26 Å². The highest BCUT2D eigenvalue weighted by molar-refractivity contribution is 5.78. The molecule has 2 atom stereocenters. The van der Waals surface area contributed by atoms with Gasteiger partial charge in [0, 0.05) is 12.6 Å². The summed E-state index contributed by atoms with van der Waals surface area (Å²) in [5.74, 6) is -0.118. The molecule has 1 fully saturated rings. The second-order valence-corrected chi connectivity index (χ2v) is 4.10. The predicted molar refractivity (Wildman–Crippen MR) is 59.5 cm³/mol. The first-order valence-corrected chi connectivity index (χ1v) is 5.79. The van der Waals surface area contributed by atoms with E-state index in [0.29, 0.717) is 13.0 Å². The van der Waals surface area contributed by atoms with Gasteiger partial charge in [0.15, 0.2) is 0 Å². The van der Waals surface area contributed by atoms with Crippen LogP contribution in [0.3, 0.4) is 0 Å². The number of nitriles is 1. The van der Waals surface area contributed by atoms with Crippen LogP contribution in [0.25, 0.3) is 0 Å². The van der Waals surface area contributed by atoms with Crippen LogP contribution in [0.2, 0.25) is 0 Å². The number of rotatable bonds is 5. The highest BCUT2D eigenvalue weighted by Gasteiger charge is 2.22. The average molecular weight is 225 g/mol. The van der Waals surface area contributed by atoms with E-state index in [4.69, 9.17) is 5.26 Å². The maximum Gasteiger partial charge on any atom is 0.234 e. The fourth-order valence-corrected chi connectivity index (χ4v) is 1.89. The Hall–Kier alpha value is -1.12. The van der Waals surface area contributed by atoms with E-state index in [1.165, 1.54) is 0 Å². The zero-order chi connectivity index (χ0) is 11.8. The number of nitrogens with one attached hydrogen (secondary N) is 2. The first-order chi connectivity index (χ1) is 7.74. The topological polar surface area (TPSA) is 85.2 Å². The number of carbonyl (C=O) groups excluding carboxylic acids is 1. The predicted octanol–water partition coefficient (Wildman–Crippen LogP) is -0.0906. The maximum absolute atomic E-state index is 11.3. The lowest BCUT2D eigenvalue weighted by Gasteiger charge is -2.28. The zero-order valence-electron chi connectivity index (χ0n) is 9.41. The molecule has 2 unspecified atom stereocenters. The largest absolute Gasteiger partial charge is 0.392 e. The highest BCUT2D eigenvalue weighted by Crippen LogP contribution is 2.17. The third-order valence-electron chi connectivity index (χ3n) is 2.81. The number of nitrogens with zero attached hydrogens (tertiary/aromatic N) is 1. The molecule has 3 N–H and O–H groups in total. The quantitative estimate of drug-likeness (QED) is 0.571. The van der Waals surface area contributed by atoms with Crippen LogP contribution in [0.1, 0.15) is 32.1 Å². The molecule has 0 spiro atoms. The number of amides is 1. The smallest absolute Gasteiger partial charge is 0.234 e. The van der Waals surface area contributed by atoms with Gasteiger partial charge >= 0.3 is 0 Å². The lowest BCUT2D eigenvalue weighted by atomic mass is 9.93. The van der Waals surface area contributed by atoms with Gasteiger partial charge in [-0.05, 0) is 12.8 Å². The molecule has 5 heteroatoms. The van der Waals surface area contributed by atoms with Gasteiger partial charge in [0.1, 0.15) is 0 Å². The van der Waals surface area contributed by atoms with Crippen molar-refractivity contribution in [2.45, 2.75) is 44.2 Å². The summed E-state index contributed by atoms with van der Waals surface area (Å²) in [6, 6.07) is 2.00. The van der Waals surface area contributed by atoms with Crippen molar-refractivity contribution in [2.24, 2.45) is 0 Å². The third-order valence-corrected chi connectivity index (χ3v) is 2.81. The maximum atomic E-state index is 11.3. The van der Waals surface area contributed by atoms with E-state index in [1.54, 1.807) is 0 Å². The molecule has 1 amide bonds. The molecular weight excluding hydrogens is 206 g/mol. The number of aliphatic hydroxyl groups excluding tert-OH is 1. The molecule has 0 aromatic carbocycles. The van der Waals surface area contributed by atoms with Gasteiger partial charge in [0.2, 0.25) is 5.91 Å². The normalized spacial score (nSPS) is 24.8. The molecular formula is C11H19N3O2. The minimum absolute atomic E-state index is 0.0375. The summed E-state index contributed by atoms with van der Waals surface area (Å²) in [5, 5.41) is 23.6. The van der Waals surface area contributed by atoms with Crippen LogP contribution in [-0.2, 0) is 4.79 Å². The van der Waals surface area contributed by atoms with Gasteiger partial charge in [0.05, 0.1) is 25.1 Å². The second kappa shape index (κ2) is 7.20. The third kappa shape index (κ3) is 4.60. The van der Waals surface area contributed by atoms with E-state index in [1.807, 2.05) is 6.07 Å². The van der Waals surface area contributed by atoms with Crippen LogP contribution in [-0.4, -0.2) is 36.2 Å². The second-order valence-electron chi connectivity index (χ2n) is 4.10. The first-order valence-electron chi connectivity index (χ1n) is 5.79. The average Bonchev–Trinajstić information content (AvgIpc) is 2.28.